The number of amides is 1. The molecule has 0 aliphatic heterocycles. The van der Waals surface area contributed by atoms with Crippen molar-refractivity contribution >= 4 is 12.1 Å². The first-order valence-corrected chi connectivity index (χ1v) is 5.56. The number of unbranched alkanes of at least 4 members (excludes halogenated alkanes) is 1. The lowest BCUT2D eigenvalue weighted by Gasteiger charge is -2.23. The topological polar surface area (TPSA) is 75.6 Å². The summed E-state index contributed by atoms with van der Waals surface area (Å²) in [5.74, 6) is -0.810. The van der Waals surface area contributed by atoms with Gasteiger partial charge < -0.3 is 15.2 Å². The first-order chi connectivity index (χ1) is 7.37. The van der Waals surface area contributed by atoms with Crippen LogP contribution in [-0.2, 0) is 9.53 Å². The molecule has 0 atom stereocenters. The summed E-state index contributed by atoms with van der Waals surface area (Å²) in [5, 5.41) is 11.0. The van der Waals surface area contributed by atoms with E-state index in [9.17, 15) is 9.59 Å². The van der Waals surface area contributed by atoms with E-state index in [0.717, 1.165) is 6.42 Å². The van der Waals surface area contributed by atoms with Crippen LogP contribution in [0.4, 0.5) is 4.79 Å². The summed E-state index contributed by atoms with van der Waals surface area (Å²) in [6, 6.07) is 0. The van der Waals surface area contributed by atoms with Gasteiger partial charge in [0.15, 0.2) is 0 Å². The molecule has 0 heterocycles. The van der Waals surface area contributed by atoms with Gasteiger partial charge in [-0.1, -0.05) is 6.92 Å². The highest BCUT2D eigenvalue weighted by Crippen LogP contribution is 2.13. The molecule has 0 aromatic heterocycles. The molecule has 0 aromatic carbocycles. The minimum atomic E-state index is -0.810. The molecule has 0 aliphatic carbocycles. The fraction of sp³-hybridized carbons (Fsp3) is 0.818. The van der Waals surface area contributed by atoms with Crippen molar-refractivity contribution in [2.75, 3.05) is 6.54 Å². The molecule has 0 spiro atoms. The number of rotatable bonds is 7. The lowest BCUT2D eigenvalue weighted by molar-refractivity contribution is -0.137. The molecule has 5 nitrogen and oxygen atoms in total. The molecule has 0 saturated carbocycles. The maximum absolute atomic E-state index is 11.3. The number of ether oxygens (including phenoxy) is 1. The Morgan fingerprint density at radius 1 is 1.31 bits per heavy atom. The van der Waals surface area contributed by atoms with Crippen LogP contribution in [0.2, 0.25) is 0 Å². The van der Waals surface area contributed by atoms with Crippen LogP contribution in [0.15, 0.2) is 0 Å². The van der Waals surface area contributed by atoms with Crippen LogP contribution in [0.25, 0.3) is 0 Å². The fourth-order valence-corrected chi connectivity index (χ4v) is 0.951. The molecule has 0 aliphatic rings. The van der Waals surface area contributed by atoms with Crippen LogP contribution in [0, 0.1) is 0 Å². The van der Waals surface area contributed by atoms with Gasteiger partial charge in [-0.3, -0.25) is 4.79 Å². The highest BCUT2D eigenvalue weighted by molar-refractivity contribution is 5.67. The molecule has 0 fully saturated rings. The van der Waals surface area contributed by atoms with Gasteiger partial charge in [-0.15, -0.1) is 0 Å². The minimum Gasteiger partial charge on any atom is -0.481 e. The molecule has 94 valence electrons. The fourth-order valence-electron chi connectivity index (χ4n) is 0.951. The van der Waals surface area contributed by atoms with Gasteiger partial charge in [0.2, 0.25) is 0 Å². The van der Waals surface area contributed by atoms with E-state index in [2.05, 4.69) is 5.32 Å². The third-order valence-electron chi connectivity index (χ3n) is 2.31. The van der Waals surface area contributed by atoms with Gasteiger partial charge in [0.25, 0.3) is 0 Å². The summed E-state index contributed by atoms with van der Waals surface area (Å²) >= 11 is 0. The summed E-state index contributed by atoms with van der Waals surface area (Å²) in [5.41, 5.74) is -0.453. The van der Waals surface area contributed by atoms with Crippen molar-refractivity contribution in [2.45, 2.75) is 52.1 Å². The molecular weight excluding hydrogens is 210 g/mol. The zero-order chi connectivity index (χ0) is 12.6. The Labute approximate surface area is 96.2 Å². The van der Waals surface area contributed by atoms with Crippen LogP contribution in [-0.4, -0.2) is 29.3 Å². The first kappa shape index (κ1) is 14.7. The third-order valence-corrected chi connectivity index (χ3v) is 2.31. The summed E-state index contributed by atoms with van der Waals surface area (Å²) in [4.78, 5) is 21.5. The van der Waals surface area contributed by atoms with Crippen molar-refractivity contribution in [3.05, 3.63) is 0 Å². The van der Waals surface area contributed by atoms with E-state index in [1.54, 1.807) is 0 Å². The van der Waals surface area contributed by atoms with Gasteiger partial charge in [-0.25, -0.2) is 4.79 Å². The predicted octanol–water partition coefficient (Wildman–Crippen LogP) is 2.16. The van der Waals surface area contributed by atoms with E-state index in [0.29, 0.717) is 19.4 Å². The molecule has 0 saturated heterocycles. The third kappa shape index (κ3) is 8.08. The standard InChI is InChI=1S/C11H21NO4/c1-4-11(2,3)16-10(15)12-8-6-5-7-9(13)14/h4-8H2,1-3H3,(H,12,15)(H,13,14). The van der Waals surface area contributed by atoms with Crippen LogP contribution >= 0.6 is 0 Å². The average Bonchev–Trinajstić information content (AvgIpc) is 2.16. The Bertz CT molecular complexity index is 238. The van der Waals surface area contributed by atoms with E-state index in [1.807, 2.05) is 20.8 Å². The first-order valence-electron chi connectivity index (χ1n) is 5.56. The largest absolute Gasteiger partial charge is 0.481 e. The molecule has 0 rings (SSSR count). The second-order valence-corrected chi connectivity index (χ2v) is 4.28. The van der Waals surface area contributed by atoms with Gasteiger partial charge in [0, 0.05) is 13.0 Å². The Morgan fingerprint density at radius 3 is 2.44 bits per heavy atom. The maximum atomic E-state index is 11.3. The lowest BCUT2D eigenvalue weighted by Crippen LogP contribution is -2.34. The summed E-state index contributed by atoms with van der Waals surface area (Å²) in [6.45, 7) is 6.08. The molecule has 0 radical (unpaired) electrons. The Hall–Kier alpha value is -1.26. The minimum absolute atomic E-state index is 0.136. The number of carboxylic acid groups (broad SMARTS) is 1. The summed E-state index contributed by atoms with van der Waals surface area (Å²) in [6.07, 6.45) is 1.65. The molecule has 16 heavy (non-hydrogen) atoms. The zero-order valence-electron chi connectivity index (χ0n) is 10.2. The molecule has 1 amide bonds. The summed E-state index contributed by atoms with van der Waals surface area (Å²) < 4.78 is 5.15. The van der Waals surface area contributed by atoms with Crippen molar-refractivity contribution in [3.8, 4) is 0 Å². The Balaban J connectivity index is 3.55. The maximum Gasteiger partial charge on any atom is 0.407 e. The number of hydrogen-bond donors (Lipinski definition) is 2. The number of alkyl carbamates (subject to hydrolysis) is 1. The van der Waals surface area contributed by atoms with Crippen molar-refractivity contribution < 1.29 is 19.4 Å². The van der Waals surface area contributed by atoms with Crippen LogP contribution in [0.5, 0.6) is 0 Å². The second-order valence-electron chi connectivity index (χ2n) is 4.28. The van der Waals surface area contributed by atoms with E-state index in [4.69, 9.17) is 9.84 Å². The van der Waals surface area contributed by atoms with E-state index < -0.39 is 17.7 Å². The average molecular weight is 231 g/mol. The number of carboxylic acids is 1. The number of carbonyl (C=O) groups excluding carboxylic acids is 1. The second kappa shape index (κ2) is 7.09. The van der Waals surface area contributed by atoms with Gasteiger partial charge in [-0.2, -0.15) is 0 Å². The number of carbonyl (C=O) groups is 2. The van der Waals surface area contributed by atoms with Crippen LogP contribution < -0.4 is 5.32 Å². The molecule has 0 bridgehead atoms. The number of aliphatic carboxylic acids is 1. The monoisotopic (exact) mass is 231 g/mol. The molecule has 5 heteroatoms. The van der Waals surface area contributed by atoms with E-state index >= 15 is 0 Å². The van der Waals surface area contributed by atoms with E-state index in [-0.39, 0.29) is 6.42 Å². The SMILES string of the molecule is CCC(C)(C)OC(=O)NCCCCC(=O)O. The number of hydrogen-bond acceptors (Lipinski definition) is 3. The van der Waals surface area contributed by atoms with E-state index in [1.165, 1.54) is 0 Å². The molecular formula is C11H21NO4. The van der Waals surface area contributed by atoms with Gasteiger partial charge in [0.1, 0.15) is 5.60 Å². The molecule has 0 aromatic rings. The predicted molar refractivity (Wildman–Crippen MR) is 60.3 cm³/mol. The van der Waals surface area contributed by atoms with Crippen molar-refractivity contribution in [3.63, 3.8) is 0 Å². The smallest absolute Gasteiger partial charge is 0.407 e. The quantitative estimate of drug-likeness (QED) is 0.658. The highest BCUT2D eigenvalue weighted by Gasteiger charge is 2.19. The van der Waals surface area contributed by atoms with Gasteiger partial charge >= 0.3 is 12.1 Å². The summed E-state index contributed by atoms with van der Waals surface area (Å²) in [7, 11) is 0. The zero-order valence-corrected chi connectivity index (χ0v) is 10.2. The molecule has 0 unspecified atom stereocenters. The normalized spacial score (nSPS) is 10.9. The van der Waals surface area contributed by atoms with Gasteiger partial charge in [0.05, 0.1) is 0 Å². The lowest BCUT2D eigenvalue weighted by atomic mass is 10.1. The van der Waals surface area contributed by atoms with Crippen molar-refractivity contribution in [1.82, 2.24) is 5.32 Å². The number of nitrogens with one attached hydrogen (secondary N) is 1. The van der Waals surface area contributed by atoms with Crippen molar-refractivity contribution in [1.29, 1.82) is 0 Å². The van der Waals surface area contributed by atoms with Crippen LogP contribution in [0.1, 0.15) is 46.5 Å². The van der Waals surface area contributed by atoms with Gasteiger partial charge in [-0.05, 0) is 33.1 Å². The van der Waals surface area contributed by atoms with Crippen LogP contribution in [0.3, 0.4) is 0 Å². The highest BCUT2D eigenvalue weighted by atomic mass is 16.6. The molecule has 2 N–H and O–H groups in total. The Morgan fingerprint density at radius 2 is 1.94 bits per heavy atom. The Kier molecular flexibility index (Phi) is 6.53. The van der Waals surface area contributed by atoms with Crippen molar-refractivity contribution in [2.24, 2.45) is 0 Å².